The Morgan fingerprint density at radius 2 is 2.14 bits per heavy atom. The van der Waals surface area contributed by atoms with Crippen LogP contribution in [0.25, 0.3) is 0 Å². The van der Waals surface area contributed by atoms with Gasteiger partial charge in [0, 0.05) is 29.9 Å². The molecule has 0 aliphatic carbocycles. The summed E-state index contributed by atoms with van der Waals surface area (Å²) >= 11 is 4.78. The van der Waals surface area contributed by atoms with Crippen molar-refractivity contribution in [1.82, 2.24) is 9.29 Å². The van der Waals surface area contributed by atoms with Crippen LogP contribution in [0.3, 0.4) is 0 Å². The minimum Gasteiger partial charge on any atom is -0.264 e. The van der Waals surface area contributed by atoms with Crippen molar-refractivity contribution in [3.8, 4) is 0 Å². The fourth-order valence-electron chi connectivity index (χ4n) is 2.03. The third kappa shape index (κ3) is 3.71. The molecule has 0 radical (unpaired) electrons. The van der Waals surface area contributed by atoms with Crippen LogP contribution in [0.2, 0.25) is 0 Å². The van der Waals surface area contributed by atoms with Gasteiger partial charge in [0.25, 0.3) is 0 Å². The van der Waals surface area contributed by atoms with Gasteiger partial charge in [0.1, 0.15) is 0 Å². The quantitative estimate of drug-likeness (QED) is 0.781. The molecule has 2 heterocycles. The number of halogens is 1. The molecule has 0 N–H and O–H groups in total. The van der Waals surface area contributed by atoms with Gasteiger partial charge in [-0.2, -0.15) is 4.31 Å². The van der Waals surface area contributed by atoms with Gasteiger partial charge in [0.2, 0.25) is 10.0 Å². The van der Waals surface area contributed by atoms with Gasteiger partial charge in [-0.15, -0.1) is 11.3 Å². The monoisotopic (exact) mass is 388 g/mol. The van der Waals surface area contributed by atoms with Crippen LogP contribution < -0.4 is 0 Å². The molecule has 0 spiro atoms. The van der Waals surface area contributed by atoms with Gasteiger partial charge in [-0.25, -0.2) is 8.42 Å². The molecule has 2 rings (SSSR count). The molecule has 0 amide bonds. The summed E-state index contributed by atoms with van der Waals surface area (Å²) < 4.78 is 28.1. The average molecular weight is 389 g/mol. The topological polar surface area (TPSA) is 50.3 Å². The van der Waals surface area contributed by atoms with Crippen molar-refractivity contribution < 1.29 is 8.42 Å². The molecule has 0 saturated heterocycles. The van der Waals surface area contributed by atoms with Crippen LogP contribution >= 0.6 is 27.3 Å². The van der Waals surface area contributed by atoms with E-state index in [-0.39, 0.29) is 6.04 Å². The number of pyridine rings is 1. The summed E-state index contributed by atoms with van der Waals surface area (Å²) in [6.45, 7) is 5.90. The highest BCUT2D eigenvalue weighted by Gasteiger charge is 2.29. The van der Waals surface area contributed by atoms with E-state index >= 15 is 0 Å². The summed E-state index contributed by atoms with van der Waals surface area (Å²) in [6, 6.07) is 5.24. The van der Waals surface area contributed by atoms with Crippen molar-refractivity contribution in [2.24, 2.45) is 0 Å². The van der Waals surface area contributed by atoms with Gasteiger partial charge >= 0.3 is 0 Å². The van der Waals surface area contributed by atoms with Crippen molar-refractivity contribution >= 4 is 37.3 Å². The molecule has 0 saturated carbocycles. The highest BCUT2D eigenvalue weighted by molar-refractivity contribution is 9.11. The summed E-state index contributed by atoms with van der Waals surface area (Å²) in [5.41, 5.74) is 0.877. The Morgan fingerprint density at radius 1 is 1.43 bits per heavy atom. The predicted molar refractivity (Wildman–Crippen MR) is 88.9 cm³/mol. The van der Waals surface area contributed by atoms with Gasteiger partial charge in [-0.05, 0) is 54.4 Å². The second kappa shape index (κ2) is 6.56. The Balaban J connectivity index is 2.40. The molecule has 0 aliphatic rings. The van der Waals surface area contributed by atoms with E-state index in [2.05, 4.69) is 20.9 Å². The number of aryl methyl sites for hydroxylation is 1. The second-order valence-corrected chi connectivity index (χ2v) is 9.47. The maximum absolute atomic E-state index is 12.9. The second-order valence-electron chi connectivity index (χ2n) is 4.98. The molecule has 0 aliphatic heterocycles. The van der Waals surface area contributed by atoms with Crippen LogP contribution in [0.1, 0.15) is 24.3 Å². The largest absolute Gasteiger partial charge is 0.264 e. The minimum atomic E-state index is -3.52. The number of sulfonamides is 1. The standard InChI is InChI=1S/C14H17BrN2O2S2/c1-10(2)17(9-12-5-4-6-16-8-12)21(18,19)13-7-14(15)20-11(13)3/h4-8,10H,9H2,1-3H3. The molecule has 0 aromatic carbocycles. The Morgan fingerprint density at radius 3 is 2.62 bits per heavy atom. The fourth-order valence-corrected chi connectivity index (χ4v) is 6.04. The lowest BCUT2D eigenvalue weighted by Crippen LogP contribution is -2.36. The number of thiophene rings is 1. The lowest BCUT2D eigenvalue weighted by atomic mass is 10.2. The zero-order valence-electron chi connectivity index (χ0n) is 12.1. The predicted octanol–water partition coefficient (Wildman–Crippen LogP) is 3.81. The average Bonchev–Trinajstić information content (AvgIpc) is 2.76. The van der Waals surface area contributed by atoms with Crippen molar-refractivity contribution in [3.63, 3.8) is 0 Å². The van der Waals surface area contributed by atoms with Crippen LogP contribution in [0.4, 0.5) is 0 Å². The molecule has 114 valence electrons. The molecular formula is C14H17BrN2O2S2. The molecule has 4 nitrogen and oxygen atoms in total. The fraction of sp³-hybridized carbons (Fsp3) is 0.357. The lowest BCUT2D eigenvalue weighted by Gasteiger charge is -2.25. The molecule has 2 aromatic rings. The Bertz CT molecular complexity index is 712. The van der Waals surface area contributed by atoms with Crippen LogP contribution in [0.15, 0.2) is 39.3 Å². The first kappa shape index (κ1) is 16.6. The van der Waals surface area contributed by atoms with Gasteiger partial charge < -0.3 is 0 Å². The first-order valence-electron chi connectivity index (χ1n) is 6.49. The lowest BCUT2D eigenvalue weighted by molar-refractivity contribution is 0.347. The Labute approximate surface area is 138 Å². The molecular weight excluding hydrogens is 372 g/mol. The number of hydrogen-bond donors (Lipinski definition) is 0. The Kier molecular flexibility index (Phi) is 5.19. The summed E-state index contributed by atoms with van der Waals surface area (Å²) in [6.07, 6.45) is 3.37. The molecule has 2 aromatic heterocycles. The van der Waals surface area contributed by atoms with E-state index in [1.54, 1.807) is 18.5 Å². The molecule has 0 bridgehead atoms. The van der Waals surface area contributed by atoms with E-state index in [4.69, 9.17) is 0 Å². The van der Waals surface area contributed by atoms with Crippen molar-refractivity contribution in [1.29, 1.82) is 0 Å². The SMILES string of the molecule is Cc1sc(Br)cc1S(=O)(=O)N(Cc1cccnc1)C(C)C. The number of aromatic nitrogens is 1. The molecule has 0 atom stereocenters. The van der Waals surface area contributed by atoms with Crippen LogP contribution in [0.5, 0.6) is 0 Å². The third-order valence-corrected chi connectivity index (χ3v) is 6.90. The third-order valence-electron chi connectivity index (χ3n) is 3.07. The van der Waals surface area contributed by atoms with Crippen molar-refractivity contribution in [2.45, 2.75) is 38.3 Å². The summed E-state index contributed by atoms with van der Waals surface area (Å²) in [4.78, 5) is 5.21. The molecule has 21 heavy (non-hydrogen) atoms. The molecule has 0 fully saturated rings. The van der Waals surface area contributed by atoms with Gasteiger partial charge in [0.05, 0.1) is 8.68 Å². The van der Waals surface area contributed by atoms with Crippen LogP contribution in [-0.4, -0.2) is 23.7 Å². The number of rotatable bonds is 5. The first-order valence-corrected chi connectivity index (χ1v) is 9.54. The number of hydrogen-bond acceptors (Lipinski definition) is 4. The normalized spacial score (nSPS) is 12.3. The zero-order chi connectivity index (χ0) is 15.6. The Hall–Kier alpha value is -0.760. The van der Waals surface area contributed by atoms with Gasteiger partial charge in [-0.3, -0.25) is 4.98 Å². The smallest absolute Gasteiger partial charge is 0.244 e. The van der Waals surface area contributed by atoms with E-state index in [1.807, 2.05) is 32.9 Å². The maximum Gasteiger partial charge on any atom is 0.244 e. The zero-order valence-corrected chi connectivity index (χ0v) is 15.3. The summed E-state index contributed by atoms with van der Waals surface area (Å²) in [5.74, 6) is 0. The van der Waals surface area contributed by atoms with Gasteiger partial charge in [-0.1, -0.05) is 6.07 Å². The first-order chi connectivity index (χ1) is 9.82. The van der Waals surface area contributed by atoms with E-state index in [9.17, 15) is 8.42 Å². The maximum atomic E-state index is 12.9. The molecule has 7 heteroatoms. The van der Waals surface area contributed by atoms with E-state index < -0.39 is 10.0 Å². The van der Waals surface area contributed by atoms with Crippen molar-refractivity contribution in [3.05, 3.63) is 44.8 Å². The van der Waals surface area contributed by atoms with E-state index in [1.165, 1.54) is 15.6 Å². The summed E-state index contributed by atoms with van der Waals surface area (Å²) in [7, 11) is -3.52. The molecule has 0 unspecified atom stereocenters. The number of nitrogens with zero attached hydrogens (tertiary/aromatic N) is 2. The summed E-state index contributed by atoms with van der Waals surface area (Å²) in [5, 5.41) is 0. The van der Waals surface area contributed by atoms with E-state index in [0.29, 0.717) is 11.4 Å². The van der Waals surface area contributed by atoms with Gasteiger partial charge in [0.15, 0.2) is 0 Å². The highest BCUT2D eigenvalue weighted by atomic mass is 79.9. The van der Waals surface area contributed by atoms with Crippen molar-refractivity contribution in [2.75, 3.05) is 0 Å². The van der Waals surface area contributed by atoms with Crippen LogP contribution in [0, 0.1) is 6.92 Å². The van der Waals surface area contributed by atoms with E-state index in [0.717, 1.165) is 14.2 Å². The highest BCUT2D eigenvalue weighted by Crippen LogP contribution is 2.32. The minimum absolute atomic E-state index is 0.131. The van der Waals surface area contributed by atoms with Crippen LogP contribution in [-0.2, 0) is 16.6 Å².